The third kappa shape index (κ3) is 4.34. The number of aliphatic imine (C=N–C) groups is 1. The van der Waals surface area contributed by atoms with Crippen molar-refractivity contribution in [2.75, 3.05) is 45.1 Å². The molecule has 0 unspecified atom stereocenters. The smallest absolute Gasteiger partial charge is 0.240 e. The standard InChI is InChI=1S/C24H26N6OS/c1-16-23(32-24(27-16)28-21(31)15-30-10-8-29(2)9-11-30)17-5-6-20-19(12-17)14-26-22(20)18-4-3-7-25-13-18/h3-7,12-13H,8-11,14-15H2,1-2H3,(H,27,28,31). The second-order valence-corrected chi connectivity index (χ2v) is 9.34. The van der Waals surface area contributed by atoms with Crippen LogP contribution >= 0.6 is 11.3 Å². The lowest BCUT2D eigenvalue weighted by Crippen LogP contribution is -2.47. The molecule has 1 saturated heterocycles. The molecule has 2 aromatic heterocycles. The van der Waals surface area contributed by atoms with E-state index >= 15 is 0 Å². The Hall–Kier alpha value is -2.94. The molecule has 0 bridgehead atoms. The highest BCUT2D eigenvalue weighted by Crippen LogP contribution is 2.35. The fraction of sp³-hybridized carbons (Fsp3) is 0.333. The maximum atomic E-state index is 12.5. The second-order valence-electron chi connectivity index (χ2n) is 8.34. The monoisotopic (exact) mass is 446 g/mol. The molecule has 1 N–H and O–H groups in total. The summed E-state index contributed by atoms with van der Waals surface area (Å²) in [5, 5.41) is 3.65. The molecule has 32 heavy (non-hydrogen) atoms. The zero-order valence-corrected chi connectivity index (χ0v) is 19.2. The largest absolute Gasteiger partial charge is 0.304 e. The van der Waals surface area contributed by atoms with E-state index in [1.54, 1.807) is 6.20 Å². The fourth-order valence-electron chi connectivity index (χ4n) is 4.18. The highest BCUT2D eigenvalue weighted by molar-refractivity contribution is 7.19. The maximum absolute atomic E-state index is 12.5. The summed E-state index contributed by atoms with van der Waals surface area (Å²) in [5.74, 6) is -0.00156. The van der Waals surface area contributed by atoms with Crippen LogP contribution in [0.1, 0.15) is 22.4 Å². The van der Waals surface area contributed by atoms with Gasteiger partial charge in [-0.05, 0) is 43.3 Å². The summed E-state index contributed by atoms with van der Waals surface area (Å²) >= 11 is 1.53. The minimum absolute atomic E-state index is 0.00156. The Balaban J connectivity index is 1.29. The fourth-order valence-corrected chi connectivity index (χ4v) is 5.16. The lowest BCUT2D eigenvalue weighted by molar-refractivity contribution is -0.117. The summed E-state index contributed by atoms with van der Waals surface area (Å²) in [5.41, 5.74) is 6.44. The molecule has 3 aromatic rings. The average molecular weight is 447 g/mol. The predicted molar refractivity (Wildman–Crippen MR) is 128 cm³/mol. The normalized spacial score (nSPS) is 16.6. The number of benzene rings is 1. The summed E-state index contributed by atoms with van der Waals surface area (Å²) in [6.07, 6.45) is 3.63. The highest BCUT2D eigenvalue weighted by Gasteiger charge is 2.21. The minimum Gasteiger partial charge on any atom is -0.304 e. The lowest BCUT2D eigenvalue weighted by Gasteiger charge is -2.31. The number of hydrogen-bond donors (Lipinski definition) is 1. The first-order valence-corrected chi connectivity index (χ1v) is 11.6. The molecule has 2 aliphatic heterocycles. The molecule has 164 valence electrons. The van der Waals surface area contributed by atoms with Crippen LogP contribution in [0.3, 0.4) is 0 Å². The number of piperazine rings is 1. The molecule has 7 nitrogen and oxygen atoms in total. The van der Waals surface area contributed by atoms with Crippen LogP contribution in [0.5, 0.6) is 0 Å². The summed E-state index contributed by atoms with van der Waals surface area (Å²) in [6.45, 7) is 6.91. The van der Waals surface area contributed by atoms with Gasteiger partial charge in [0.25, 0.3) is 0 Å². The van der Waals surface area contributed by atoms with E-state index in [0.29, 0.717) is 18.2 Å². The zero-order chi connectivity index (χ0) is 22.1. The van der Waals surface area contributed by atoms with Crippen LogP contribution in [-0.2, 0) is 11.3 Å². The SMILES string of the molecule is Cc1nc(NC(=O)CN2CCN(C)CC2)sc1-c1ccc2c(c1)CN=C2c1cccnc1. The van der Waals surface area contributed by atoms with Gasteiger partial charge in [-0.25, -0.2) is 4.98 Å². The first-order valence-electron chi connectivity index (χ1n) is 10.8. The van der Waals surface area contributed by atoms with Crippen LogP contribution in [0.15, 0.2) is 47.7 Å². The van der Waals surface area contributed by atoms with E-state index in [-0.39, 0.29) is 5.91 Å². The van der Waals surface area contributed by atoms with Crippen molar-refractivity contribution in [3.63, 3.8) is 0 Å². The molecule has 0 radical (unpaired) electrons. The number of nitrogens with zero attached hydrogens (tertiary/aromatic N) is 5. The number of carbonyl (C=O) groups excluding carboxylic acids is 1. The zero-order valence-electron chi connectivity index (χ0n) is 18.3. The van der Waals surface area contributed by atoms with Crippen molar-refractivity contribution in [3.8, 4) is 10.4 Å². The van der Waals surface area contributed by atoms with Crippen LogP contribution in [0.4, 0.5) is 5.13 Å². The van der Waals surface area contributed by atoms with E-state index in [1.807, 2.05) is 25.3 Å². The Morgan fingerprint density at radius 1 is 1.16 bits per heavy atom. The average Bonchev–Trinajstić information content (AvgIpc) is 3.38. The number of nitrogens with one attached hydrogen (secondary N) is 1. The molecule has 0 spiro atoms. The van der Waals surface area contributed by atoms with Crippen molar-refractivity contribution >= 4 is 28.1 Å². The van der Waals surface area contributed by atoms with Gasteiger partial charge >= 0.3 is 0 Å². The first-order chi connectivity index (χ1) is 15.6. The number of rotatable bonds is 5. The maximum Gasteiger partial charge on any atom is 0.240 e. The first kappa shape index (κ1) is 20.9. The second kappa shape index (κ2) is 8.90. The Morgan fingerprint density at radius 2 is 2.00 bits per heavy atom. The van der Waals surface area contributed by atoms with Gasteiger partial charge in [0.05, 0.1) is 29.4 Å². The molecule has 0 saturated carbocycles. The molecule has 1 amide bonds. The number of pyridine rings is 1. The number of amides is 1. The van der Waals surface area contributed by atoms with Crippen molar-refractivity contribution in [2.45, 2.75) is 13.5 Å². The van der Waals surface area contributed by atoms with E-state index in [4.69, 9.17) is 4.99 Å². The van der Waals surface area contributed by atoms with Gasteiger partial charge in [-0.1, -0.05) is 23.5 Å². The minimum atomic E-state index is -0.00156. The van der Waals surface area contributed by atoms with Gasteiger partial charge in [0.2, 0.25) is 5.91 Å². The Labute approximate surface area is 191 Å². The van der Waals surface area contributed by atoms with Crippen molar-refractivity contribution in [3.05, 3.63) is 65.1 Å². The topological polar surface area (TPSA) is 73.7 Å². The third-order valence-corrected chi connectivity index (χ3v) is 7.09. The van der Waals surface area contributed by atoms with Crippen LogP contribution in [-0.4, -0.2) is 71.2 Å². The number of thiazole rings is 1. The van der Waals surface area contributed by atoms with E-state index in [0.717, 1.165) is 59.2 Å². The quantitative estimate of drug-likeness (QED) is 0.652. The van der Waals surface area contributed by atoms with Crippen molar-refractivity contribution in [2.24, 2.45) is 4.99 Å². The molecule has 4 heterocycles. The predicted octanol–water partition coefficient (Wildman–Crippen LogP) is 3.05. The Bertz CT molecular complexity index is 1160. The van der Waals surface area contributed by atoms with Gasteiger partial charge < -0.3 is 10.2 Å². The third-order valence-electron chi connectivity index (χ3n) is 5.97. The van der Waals surface area contributed by atoms with Crippen LogP contribution in [0, 0.1) is 6.92 Å². The van der Waals surface area contributed by atoms with E-state index in [9.17, 15) is 4.79 Å². The van der Waals surface area contributed by atoms with Gasteiger partial charge in [0.1, 0.15) is 0 Å². The van der Waals surface area contributed by atoms with Gasteiger partial charge in [0.15, 0.2) is 5.13 Å². The number of fused-ring (bicyclic) bond motifs is 1. The molecule has 1 fully saturated rings. The molecule has 8 heteroatoms. The molecule has 2 aliphatic rings. The van der Waals surface area contributed by atoms with E-state index < -0.39 is 0 Å². The molecular formula is C24H26N6OS. The molecule has 1 aromatic carbocycles. The van der Waals surface area contributed by atoms with Crippen LogP contribution in [0.25, 0.3) is 10.4 Å². The molecule has 0 aliphatic carbocycles. The van der Waals surface area contributed by atoms with Gasteiger partial charge in [-0.2, -0.15) is 0 Å². The number of anilines is 1. The van der Waals surface area contributed by atoms with Gasteiger partial charge in [0, 0.05) is 49.7 Å². The number of likely N-dealkylation sites (N-methyl/N-ethyl adjacent to an activating group) is 1. The van der Waals surface area contributed by atoms with Crippen molar-refractivity contribution < 1.29 is 4.79 Å². The summed E-state index contributed by atoms with van der Waals surface area (Å²) < 4.78 is 0. The lowest BCUT2D eigenvalue weighted by atomic mass is 9.98. The van der Waals surface area contributed by atoms with Crippen molar-refractivity contribution in [1.82, 2.24) is 19.8 Å². The highest BCUT2D eigenvalue weighted by atomic mass is 32.1. The van der Waals surface area contributed by atoms with Crippen LogP contribution in [0.2, 0.25) is 0 Å². The van der Waals surface area contributed by atoms with Crippen molar-refractivity contribution in [1.29, 1.82) is 0 Å². The Morgan fingerprint density at radius 3 is 2.78 bits per heavy atom. The number of hydrogen-bond acceptors (Lipinski definition) is 7. The van der Waals surface area contributed by atoms with E-state index in [2.05, 4.69) is 50.3 Å². The molecular weight excluding hydrogens is 420 g/mol. The number of aryl methyl sites for hydroxylation is 1. The Kier molecular flexibility index (Phi) is 5.82. The van der Waals surface area contributed by atoms with Gasteiger partial charge in [-0.3, -0.25) is 19.7 Å². The number of carbonyl (C=O) groups is 1. The van der Waals surface area contributed by atoms with Crippen LogP contribution < -0.4 is 5.32 Å². The molecule has 5 rings (SSSR count). The summed E-state index contributed by atoms with van der Waals surface area (Å²) in [6, 6.07) is 10.4. The molecule has 0 atom stereocenters. The number of aromatic nitrogens is 2. The van der Waals surface area contributed by atoms with Gasteiger partial charge in [-0.15, -0.1) is 0 Å². The van der Waals surface area contributed by atoms with E-state index in [1.165, 1.54) is 16.9 Å². The summed E-state index contributed by atoms with van der Waals surface area (Å²) in [4.78, 5) is 31.6. The summed E-state index contributed by atoms with van der Waals surface area (Å²) in [7, 11) is 2.11.